The molecule has 3 unspecified atom stereocenters. The molecular formula is C22H25FN2O2S. The van der Waals surface area contributed by atoms with Crippen LogP contribution in [0.15, 0.2) is 54.6 Å². The van der Waals surface area contributed by atoms with E-state index in [-0.39, 0.29) is 23.2 Å². The second-order valence-electron chi connectivity index (χ2n) is 7.37. The fourth-order valence-electron chi connectivity index (χ4n) is 3.06. The normalized spacial score (nSPS) is 20.2. The Morgan fingerprint density at radius 3 is 2.32 bits per heavy atom. The quantitative estimate of drug-likeness (QED) is 0.817. The summed E-state index contributed by atoms with van der Waals surface area (Å²) in [6.45, 7) is 6.05. The predicted molar refractivity (Wildman–Crippen MR) is 110 cm³/mol. The van der Waals surface area contributed by atoms with Gasteiger partial charge in [-0.25, -0.2) is 4.39 Å². The summed E-state index contributed by atoms with van der Waals surface area (Å²) in [6.07, 6.45) is 0. The summed E-state index contributed by atoms with van der Waals surface area (Å²) >= 11 is 1.57. The van der Waals surface area contributed by atoms with Crippen molar-refractivity contribution >= 4 is 23.6 Å². The molecule has 1 heterocycles. The minimum atomic E-state index is -0.575. The zero-order valence-electron chi connectivity index (χ0n) is 16.3. The Labute approximate surface area is 169 Å². The smallest absolute Gasteiger partial charge is 0.255 e. The second kappa shape index (κ2) is 8.78. The highest BCUT2D eigenvalue weighted by atomic mass is 32.2. The van der Waals surface area contributed by atoms with Crippen molar-refractivity contribution in [2.45, 2.75) is 38.2 Å². The van der Waals surface area contributed by atoms with Gasteiger partial charge in [0.05, 0.1) is 0 Å². The third-order valence-corrected chi connectivity index (χ3v) is 6.41. The lowest BCUT2D eigenvalue weighted by molar-refractivity contribution is -0.125. The van der Waals surface area contributed by atoms with Crippen LogP contribution in [-0.2, 0) is 4.79 Å². The summed E-state index contributed by atoms with van der Waals surface area (Å²) in [4.78, 5) is 27.9. The first-order valence-corrected chi connectivity index (χ1v) is 10.5. The van der Waals surface area contributed by atoms with Gasteiger partial charge in [-0.15, -0.1) is 11.8 Å². The van der Waals surface area contributed by atoms with E-state index < -0.39 is 11.9 Å². The minimum Gasteiger partial charge on any atom is -0.352 e. The van der Waals surface area contributed by atoms with Crippen LogP contribution >= 0.6 is 11.8 Å². The number of hydrogen-bond donors (Lipinski definition) is 1. The Morgan fingerprint density at radius 2 is 1.71 bits per heavy atom. The lowest BCUT2D eigenvalue weighted by Crippen LogP contribution is -2.50. The topological polar surface area (TPSA) is 49.4 Å². The number of hydrogen-bond acceptors (Lipinski definition) is 3. The van der Waals surface area contributed by atoms with E-state index in [0.717, 1.165) is 5.56 Å². The molecule has 1 aliphatic heterocycles. The Morgan fingerprint density at radius 1 is 1.07 bits per heavy atom. The van der Waals surface area contributed by atoms with Crippen LogP contribution in [0.5, 0.6) is 0 Å². The van der Waals surface area contributed by atoms with Crippen LogP contribution < -0.4 is 5.32 Å². The zero-order chi connectivity index (χ0) is 20.3. The van der Waals surface area contributed by atoms with E-state index in [9.17, 15) is 14.0 Å². The van der Waals surface area contributed by atoms with Crippen molar-refractivity contribution in [3.8, 4) is 0 Å². The molecule has 148 valence electrons. The summed E-state index contributed by atoms with van der Waals surface area (Å²) in [5, 5.41) is 2.77. The van der Waals surface area contributed by atoms with E-state index in [1.54, 1.807) is 16.7 Å². The maximum absolute atomic E-state index is 13.3. The molecule has 1 fully saturated rings. The molecular weight excluding hydrogens is 375 g/mol. The molecule has 0 spiro atoms. The van der Waals surface area contributed by atoms with Gasteiger partial charge in [-0.05, 0) is 42.7 Å². The number of thioether (sulfide) groups is 1. The molecule has 0 radical (unpaired) electrons. The molecule has 0 aliphatic carbocycles. The average molecular weight is 401 g/mol. The molecule has 3 rings (SSSR count). The number of carbonyl (C=O) groups is 2. The van der Waals surface area contributed by atoms with Gasteiger partial charge in [0.1, 0.15) is 17.2 Å². The SMILES string of the molecule is CC(C)C(C)NC(=O)C1CSC(c2ccccc2)N1C(=O)c1ccc(F)cc1. The highest BCUT2D eigenvalue weighted by Gasteiger charge is 2.42. The van der Waals surface area contributed by atoms with Crippen LogP contribution in [0.2, 0.25) is 0 Å². The van der Waals surface area contributed by atoms with Gasteiger partial charge in [0.2, 0.25) is 5.91 Å². The first kappa shape index (κ1) is 20.4. The third kappa shape index (κ3) is 4.38. The fraction of sp³-hybridized carbons (Fsp3) is 0.364. The van der Waals surface area contributed by atoms with E-state index in [1.165, 1.54) is 24.3 Å². The third-order valence-electron chi connectivity index (χ3n) is 5.08. The molecule has 0 bridgehead atoms. The van der Waals surface area contributed by atoms with E-state index in [4.69, 9.17) is 0 Å². The summed E-state index contributed by atoms with van der Waals surface area (Å²) < 4.78 is 13.3. The molecule has 2 aromatic rings. The van der Waals surface area contributed by atoms with Crippen molar-refractivity contribution in [3.63, 3.8) is 0 Å². The van der Waals surface area contributed by atoms with Gasteiger partial charge in [-0.3, -0.25) is 9.59 Å². The van der Waals surface area contributed by atoms with Crippen LogP contribution in [0.3, 0.4) is 0 Å². The number of nitrogens with one attached hydrogen (secondary N) is 1. The van der Waals surface area contributed by atoms with Crippen LogP contribution in [0.1, 0.15) is 42.1 Å². The highest BCUT2D eigenvalue weighted by molar-refractivity contribution is 7.99. The summed E-state index contributed by atoms with van der Waals surface area (Å²) in [5.41, 5.74) is 1.34. The molecule has 3 atom stereocenters. The summed E-state index contributed by atoms with van der Waals surface area (Å²) in [7, 11) is 0. The molecule has 6 heteroatoms. The van der Waals surface area contributed by atoms with Gasteiger partial charge >= 0.3 is 0 Å². The molecule has 1 aliphatic rings. The number of halogens is 1. The Hall–Kier alpha value is -2.34. The van der Waals surface area contributed by atoms with Crippen molar-refractivity contribution in [2.24, 2.45) is 5.92 Å². The molecule has 0 aromatic heterocycles. The van der Waals surface area contributed by atoms with Gasteiger partial charge < -0.3 is 10.2 Å². The lowest BCUT2D eigenvalue weighted by Gasteiger charge is -2.30. The van der Waals surface area contributed by atoms with Gasteiger partial charge in [0, 0.05) is 17.4 Å². The van der Waals surface area contributed by atoms with Crippen molar-refractivity contribution < 1.29 is 14.0 Å². The number of benzene rings is 2. The van der Waals surface area contributed by atoms with Crippen molar-refractivity contribution in [1.29, 1.82) is 0 Å². The fourth-order valence-corrected chi connectivity index (χ4v) is 4.49. The highest BCUT2D eigenvalue weighted by Crippen LogP contribution is 2.42. The van der Waals surface area contributed by atoms with E-state index in [0.29, 0.717) is 17.2 Å². The predicted octanol–water partition coefficient (Wildman–Crippen LogP) is 4.24. The molecule has 1 saturated heterocycles. The van der Waals surface area contributed by atoms with Crippen LogP contribution in [0.25, 0.3) is 0 Å². The monoisotopic (exact) mass is 400 g/mol. The maximum atomic E-state index is 13.3. The van der Waals surface area contributed by atoms with Gasteiger partial charge in [0.15, 0.2) is 0 Å². The molecule has 4 nitrogen and oxygen atoms in total. The van der Waals surface area contributed by atoms with Crippen molar-refractivity contribution in [2.75, 3.05) is 5.75 Å². The Kier molecular flexibility index (Phi) is 6.39. The minimum absolute atomic E-state index is 0.0102. The Balaban J connectivity index is 1.92. The number of carbonyl (C=O) groups excluding carboxylic acids is 2. The Bertz CT molecular complexity index is 826. The summed E-state index contributed by atoms with van der Waals surface area (Å²) in [5.74, 6) is -0.00153. The first-order chi connectivity index (χ1) is 13.4. The van der Waals surface area contributed by atoms with E-state index in [1.807, 2.05) is 51.1 Å². The molecule has 28 heavy (non-hydrogen) atoms. The van der Waals surface area contributed by atoms with E-state index >= 15 is 0 Å². The van der Waals surface area contributed by atoms with Gasteiger partial charge in [-0.2, -0.15) is 0 Å². The number of amides is 2. The van der Waals surface area contributed by atoms with E-state index in [2.05, 4.69) is 5.32 Å². The molecule has 2 amide bonds. The molecule has 0 saturated carbocycles. The maximum Gasteiger partial charge on any atom is 0.255 e. The number of nitrogens with zero attached hydrogens (tertiary/aromatic N) is 1. The zero-order valence-corrected chi connectivity index (χ0v) is 17.1. The summed E-state index contributed by atoms with van der Waals surface area (Å²) in [6, 6.07) is 14.6. The molecule has 2 aromatic carbocycles. The lowest BCUT2D eigenvalue weighted by atomic mass is 10.1. The van der Waals surface area contributed by atoms with Crippen molar-refractivity contribution in [1.82, 2.24) is 10.2 Å². The van der Waals surface area contributed by atoms with Crippen LogP contribution in [0, 0.1) is 11.7 Å². The first-order valence-electron chi connectivity index (χ1n) is 9.43. The average Bonchev–Trinajstić information content (AvgIpc) is 3.13. The number of rotatable bonds is 5. The van der Waals surface area contributed by atoms with Gasteiger partial charge in [0.25, 0.3) is 5.91 Å². The molecule has 1 N–H and O–H groups in total. The largest absolute Gasteiger partial charge is 0.352 e. The van der Waals surface area contributed by atoms with Crippen molar-refractivity contribution in [3.05, 3.63) is 71.5 Å². The second-order valence-corrected chi connectivity index (χ2v) is 8.49. The van der Waals surface area contributed by atoms with Crippen LogP contribution in [0.4, 0.5) is 4.39 Å². The van der Waals surface area contributed by atoms with Gasteiger partial charge in [-0.1, -0.05) is 44.2 Å². The standard InChI is InChI=1S/C22H25FN2O2S/c1-14(2)15(3)24-20(26)19-13-28-22(17-7-5-4-6-8-17)25(19)21(27)16-9-11-18(23)12-10-16/h4-12,14-15,19,22H,13H2,1-3H3,(H,24,26). The van der Waals surface area contributed by atoms with Crippen LogP contribution in [-0.4, -0.2) is 34.6 Å².